The molecule has 0 spiro atoms. The summed E-state index contributed by atoms with van der Waals surface area (Å²) >= 11 is 6.80. The average molecular weight is 894 g/mol. The van der Waals surface area contributed by atoms with E-state index in [-0.39, 0.29) is 41.4 Å². The third kappa shape index (κ3) is 11.7. The number of hydrogen-bond donors (Lipinski definition) is 2. The number of fused-ring (bicyclic) bond motifs is 5. The smallest absolute Gasteiger partial charge is 0.409 e. The number of halogens is 1. The van der Waals surface area contributed by atoms with Crippen LogP contribution in [0.2, 0.25) is 5.02 Å². The van der Waals surface area contributed by atoms with Gasteiger partial charge in [-0.2, -0.15) is 0 Å². The molecule has 342 valence electrons. The number of alkyl carbamates (subject to hydrolysis) is 1. The van der Waals surface area contributed by atoms with Gasteiger partial charge in [-0.25, -0.2) is 9.59 Å². The van der Waals surface area contributed by atoms with E-state index in [2.05, 4.69) is 5.32 Å². The van der Waals surface area contributed by atoms with Gasteiger partial charge < -0.3 is 43.4 Å². The number of likely N-dealkylation sites (N-methyl/N-ethyl adjacent to an activating group) is 1. The molecular formula is C47H60ClN3O12. The summed E-state index contributed by atoms with van der Waals surface area (Å²) in [6.45, 7) is 8.43. The van der Waals surface area contributed by atoms with Gasteiger partial charge in [-0.15, -0.1) is 0 Å². The predicted octanol–water partition coefficient (Wildman–Crippen LogP) is 6.09. The second-order valence-corrected chi connectivity index (χ2v) is 17.5. The first-order valence-electron chi connectivity index (χ1n) is 21.2. The predicted molar refractivity (Wildman–Crippen MR) is 235 cm³/mol. The number of nitrogens with zero attached hydrogens (tertiary/aromatic N) is 2. The average Bonchev–Trinajstić information content (AvgIpc) is 3.94. The van der Waals surface area contributed by atoms with E-state index in [0.29, 0.717) is 43.5 Å². The molecule has 5 rings (SSSR count). The Balaban J connectivity index is 1.40. The normalized spacial score (nSPS) is 28.0. The Morgan fingerprint density at radius 1 is 1.10 bits per heavy atom. The third-order valence-electron chi connectivity index (χ3n) is 12.3. The Morgan fingerprint density at radius 2 is 1.78 bits per heavy atom. The van der Waals surface area contributed by atoms with Crippen molar-refractivity contribution >= 4 is 52.7 Å². The van der Waals surface area contributed by atoms with Crippen molar-refractivity contribution in [2.24, 2.45) is 5.92 Å². The van der Waals surface area contributed by atoms with E-state index in [0.717, 1.165) is 16.7 Å². The zero-order valence-electron chi connectivity index (χ0n) is 37.5. The molecule has 2 aromatic rings. The number of ether oxygens (including phenoxy) is 5. The zero-order chi connectivity index (χ0) is 46.4. The van der Waals surface area contributed by atoms with Gasteiger partial charge in [0.25, 0.3) is 5.91 Å². The molecule has 0 saturated carbocycles. The van der Waals surface area contributed by atoms with Crippen molar-refractivity contribution in [3.63, 3.8) is 0 Å². The lowest BCUT2D eigenvalue weighted by Crippen LogP contribution is -2.63. The van der Waals surface area contributed by atoms with Gasteiger partial charge in [0.2, 0.25) is 5.91 Å². The van der Waals surface area contributed by atoms with Crippen molar-refractivity contribution in [2.45, 2.75) is 128 Å². The molecule has 3 aliphatic rings. The third-order valence-corrected chi connectivity index (χ3v) is 12.7. The lowest BCUT2D eigenvalue weighted by Gasteiger charge is -2.42. The van der Waals surface area contributed by atoms with Gasteiger partial charge in [-0.3, -0.25) is 19.7 Å². The number of aliphatic hydroxyl groups is 1. The summed E-state index contributed by atoms with van der Waals surface area (Å²) in [5, 5.41) is 14.5. The number of carbonyl (C=O) groups is 6. The molecule has 0 radical (unpaired) electrons. The number of hydrogen-bond acceptors (Lipinski definition) is 12. The van der Waals surface area contributed by atoms with Gasteiger partial charge in [0, 0.05) is 58.4 Å². The van der Waals surface area contributed by atoms with E-state index in [1.165, 1.54) is 44.9 Å². The molecule has 0 aromatic heterocycles. The number of epoxide rings is 1. The number of amides is 3. The van der Waals surface area contributed by atoms with Crippen molar-refractivity contribution in [3.8, 4) is 5.75 Å². The second-order valence-electron chi connectivity index (χ2n) is 17.1. The van der Waals surface area contributed by atoms with Crippen LogP contribution in [0.15, 0.2) is 60.2 Å². The summed E-state index contributed by atoms with van der Waals surface area (Å²) in [7, 11) is 5.92. The van der Waals surface area contributed by atoms with Crippen LogP contribution in [-0.2, 0) is 51.0 Å². The number of unbranched alkanes of at least 4 members (excludes halogenated alkanes) is 1. The number of ketones is 2. The summed E-state index contributed by atoms with van der Waals surface area (Å²) in [5.74, 6) is -1.85. The monoisotopic (exact) mass is 893 g/mol. The molecule has 3 heterocycles. The fourth-order valence-electron chi connectivity index (χ4n) is 8.16. The van der Waals surface area contributed by atoms with Crippen molar-refractivity contribution in [1.82, 2.24) is 10.2 Å². The highest BCUT2D eigenvalue weighted by atomic mass is 35.5. The van der Waals surface area contributed by atoms with E-state index < -0.39 is 71.6 Å². The van der Waals surface area contributed by atoms with Gasteiger partial charge in [-0.05, 0) is 82.3 Å². The van der Waals surface area contributed by atoms with E-state index in [9.17, 15) is 33.9 Å². The molecule has 2 aromatic carbocycles. The second kappa shape index (κ2) is 20.6. The summed E-state index contributed by atoms with van der Waals surface area (Å²) in [4.78, 5) is 81.3. The van der Waals surface area contributed by atoms with E-state index in [1.54, 1.807) is 69.4 Å². The van der Waals surface area contributed by atoms with Crippen molar-refractivity contribution in [3.05, 3.63) is 81.9 Å². The highest BCUT2D eigenvalue weighted by Crippen LogP contribution is 2.49. The van der Waals surface area contributed by atoms with Crippen LogP contribution in [0.3, 0.4) is 0 Å². The molecule has 63 heavy (non-hydrogen) atoms. The van der Waals surface area contributed by atoms with E-state index in [1.807, 2.05) is 13.0 Å². The fraction of sp³-hybridized carbons (Fsp3) is 0.532. The van der Waals surface area contributed by atoms with Crippen LogP contribution >= 0.6 is 11.6 Å². The molecule has 0 unspecified atom stereocenters. The van der Waals surface area contributed by atoms with Crippen molar-refractivity contribution in [2.75, 3.05) is 33.2 Å². The summed E-state index contributed by atoms with van der Waals surface area (Å²) < 4.78 is 29.4. The molecule has 16 heteroatoms. The summed E-state index contributed by atoms with van der Waals surface area (Å²) in [6, 6.07) is 9.00. The highest BCUT2D eigenvalue weighted by molar-refractivity contribution is 6.35. The maximum absolute atomic E-state index is 14.3. The van der Waals surface area contributed by atoms with Crippen LogP contribution in [0.1, 0.15) is 94.6 Å². The molecule has 2 N–H and O–H groups in total. The van der Waals surface area contributed by atoms with Gasteiger partial charge in [0.1, 0.15) is 52.3 Å². The number of methoxy groups -OCH3 is 2. The molecule has 2 saturated heterocycles. The van der Waals surface area contributed by atoms with Gasteiger partial charge >= 0.3 is 12.1 Å². The number of rotatable bonds is 13. The summed E-state index contributed by atoms with van der Waals surface area (Å²) in [5.41, 5.74) is -0.0738. The quantitative estimate of drug-likeness (QED) is 0.134. The lowest BCUT2D eigenvalue weighted by atomic mass is 9.83. The topological polar surface area (TPSA) is 191 Å². The standard InChI is InChI=1S/C47H60ClN3O12/c1-27-13-12-16-38(60-9)47(58)26-37(61-45(57)49-47)29(3)42-46(5,63-42)39(25-40(54)51(7)35-23-32(21-27)24-36(59-8)41(35)48)62-44(56)30(4)50(6)43(55)33-19-17-31(18-20-33)22-34(53)15-11-10-14-28(2)52/h12-13,16-20,23-24,29-30,37-39,42,58H,10-11,14-15,21-22,25-26H2,1-9H3,(H,49,57)/b16-12+,27-13+/t29-,30+,37+,38-,39+,42+,46+,47+/m1/s1. The van der Waals surface area contributed by atoms with Gasteiger partial charge in [0.05, 0.1) is 25.3 Å². The number of nitrogens with one attached hydrogen (secondary N) is 1. The lowest BCUT2D eigenvalue weighted by molar-refractivity contribution is -0.158. The Kier molecular flexibility index (Phi) is 16.0. The van der Waals surface area contributed by atoms with Gasteiger partial charge in [0.15, 0.2) is 5.72 Å². The van der Waals surface area contributed by atoms with Crippen LogP contribution in [-0.4, -0.2) is 116 Å². The molecule has 3 amide bonds. The first kappa shape index (κ1) is 48.9. The molecular weight excluding hydrogens is 834 g/mol. The number of benzene rings is 2. The number of allylic oxidation sites excluding steroid dienone is 3. The number of carbonyl (C=O) groups excluding carboxylic acids is 6. The van der Waals surface area contributed by atoms with Crippen molar-refractivity contribution < 1.29 is 57.6 Å². The minimum absolute atomic E-state index is 0.0324. The molecule has 8 atom stereocenters. The largest absolute Gasteiger partial charge is 0.495 e. The number of Topliss-reactive ketones (excluding diaryl/α,β-unsaturated/α-hetero) is 2. The minimum atomic E-state index is -1.86. The molecule has 4 bridgehead atoms. The van der Waals surface area contributed by atoms with E-state index in [4.69, 9.17) is 35.3 Å². The Morgan fingerprint density at radius 3 is 2.43 bits per heavy atom. The highest BCUT2D eigenvalue weighted by Gasteiger charge is 2.64. The van der Waals surface area contributed by atoms with Crippen LogP contribution in [0.4, 0.5) is 10.5 Å². The van der Waals surface area contributed by atoms with Crippen LogP contribution in [0.5, 0.6) is 5.75 Å². The van der Waals surface area contributed by atoms with Crippen LogP contribution < -0.4 is 15.0 Å². The Labute approximate surface area is 374 Å². The maximum Gasteiger partial charge on any atom is 0.409 e. The van der Waals surface area contributed by atoms with E-state index >= 15 is 0 Å². The van der Waals surface area contributed by atoms with Crippen LogP contribution in [0.25, 0.3) is 0 Å². The SMILES string of the molecule is COc1cc2cc(c1Cl)N(C)C(=O)C[C@H](OC(=O)[C@H](C)N(C)C(=O)c1ccc(CC(=O)CCCCC(C)=O)cc1)[C@]1(C)O[C@H]1[C@H](C)[C@@H]1C[C@@](O)(NC(=O)O1)[C@H](OC)/C=C/C=C(\C)C2. The molecule has 0 aliphatic carbocycles. The van der Waals surface area contributed by atoms with Crippen LogP contribution in [0, 0.1) is 5.92 Å². The Hall–Kier alpha value is -5.09. The number of anilines is 1. The fourth-order valence-corrected chi connectivity index (χ4v) is 8.47. The Bertz CT molecular complexity index is 2120. The van der Waals surface area contributed by atoms with Gasteiger partial charge in [-0.1, -0.05) is 54.5 Å². The van der Waals surface area contributed by atoms with Crippen molar-refractivity contribution in [1.29, 1.82) is 0 Å². The molecule has 15 nitrogen and oxygen atoms in total. The maximum atomic E-state index is 14.3. The summed E-state index contributed by atoms with van der Waals surface area (Å²) in [6.07, 6.45) is 2.86. The minimum Gasteiger partial charge on any atom is -0.495 e. The first-order chi connectivity index (χ1) is 29.7. The zero-order valence-corrected chi connectivity index (χ0v) is 38.3. The number of esters is 1. The molecule has 2 fully saturated rings. The first-order valence-corrected chi connectivity index (χ1v) is 21.6. The molecule has 3 aliphatic heterocycles.